The molecule has 0 radical (unpaired) electrons. The first-order valence-electron chi connectivity index (χ1n) is 9.52. The summed E-state index contributed by atoms with van der Waals surface area (Å²) in [5.41, 5.74) is 2.64. The van der Waals surface area contributed by atoms with E-state index in [1.807, 2.05) is 48.5 Å². The van der Waals surface area contributed by atoms with Crippen LogP contribution in [0.3, 0.4) is 0 Å². The Labute approximate surface area is 171 Å². The molecule has 0 heterocycles. The van der Waals surface area contributed by atoms with Gasteiger partial charge in [0.15, 0.2) is 5.57 Å². The first kappa shape index (κ1) is 22.0. The van der Waals surface area contributed by atoms with E-state index in [1.165, 1.54) is 20.4 Å². The Morgan fingerprint density at radius 1 is 1.00 bits per heavy atom. The number of hydrogen-bond acceptors (Lipinski definition) is 6. The zero-order chi connectivity index (χ0) is 21.1. The minimum atomic E-state index is -0.774. The van der Waals surface area contributed by atoms with E-state index < -0.39 is 11.9 Å². The number of nitrogens with one attached hydrogen (secondary N) is 1. The molecule has 2 rings (SSSR count). The zero-order valence-corrected chi connectivity index (χ0v) is 17.1. The van der Waals surface area contributed by atoms with Crippen molar-refractivity contribution >= 4 is 17.6 Å². The lowest BCUT2D eigenvalue weighted by Gasteiger charge is -2.14. The number of benzene rings is 2. The lowest BCUT2D eigenvalue weighted by molar-refractivity contribution is -0.144. The van der Waals surface area contributed by atoms with Crippen molar-refractivity contribution in [1.29, 1.82) is 0 Å². The summed E-state index contributed by atoms with van der Waals surface area (Å²) in [7, 11) is 2.41. The van der Waals surface area contributed by atoms with E-state index >= 15 is 0 Å². The fourth-order valence-corrected chi connectivity index (χ4v) is 2.66. The Morgan fingerprint density at radius 3 is 2.31 bits per heavy atom. The molecule has 0 aromatic heterocycles. The first-order valence-corrected chi connectivity index (χ1v) is 9.52. The number of rotatable bonds is 10. The fourth-order valence-electron chi connectivity index (χ4n) is 2.66. The molecule has 6 heteroatoms. The normalized spacial score (nSPS) is 10.0. The zero-order valence-electron chi connectivity index (χ0n) is 17.1. The Hall–Kier alpha value is -3.28. The van der Waals surface area contributed by atoms with E-state index in [1.54, 1.807) is 0 Å². The van der Waals surface area contributed by atoms with Gasteiger partial charge in [-0.25, -0.2) is 9.59 Å². The summed E-state index contributed by atoms with van der Waals surface area (Å²) in [6.45, 7) is 2.60. The predicted octanol–water partition coefficient (Wildman–Crippen LogP) is 4.25. The molecule has 0 amide bonds. The Bertz CT molecular complexity index is 828. The largest absolute Gasteiger partial charge is 0.489 e. The monoisotopic (exact) mass is 397 g/mol. The van der Waals surface area contributed by atoms with Gasteiger partial charge in [-0.1, -0.05) is 49.7 Å². The SMILES string of the molecule is CCCCc1ccc(NC=C(C(=O)OC)C(=O)OC)cc1OCc1ccccc1. The molecule has 6 nitrogen and oxygen atoms in total. The molecule has 0 unspecified atom stereocenters. The third kappa shape index (κ3) is 6.68. The second-order valence-electron chi connectivity index (χ2n) is 6.39. The van der Waals surface area contributed by atoms with Crippen molar-refractivity contribution < 1.29 is 23.8 Å². The number of hydrogen-bond donors (Lipinski definition) is 1. The molecule has 0 fully saturated rings. The van der Waals surface area contributed by atoms with Crippen LogP contribution in [0.4, 0.5) is 5.69 Å². The summed E-state index contributed by atoms with van der Waals surface area (Å²) in [4.78, 5) is 23.6. The average Bonchev–Trinajstić information content (AvgIpc) is 2.77. The Morgan fingerprint density at radius 2 is 1.69 bits per heavy atom. The molecule has 0 saturated heterocycles. The maximum atomic E-state index is 11.8. The van der Waals surface area contributed by atoms with E-state index in [4.69, 9.17) is 4.74 Å². The van der Waals surface area contributed by atoms with Crippen molar-refractivity contribution in [2.75, 3.05) is 19.5 Å². The molecule has 2 aromatic carbocycles. The summed E-state index contributed by atoms with van der Waals surface area (Å²) in [6.07, 6.45) is 4.33. The van der Waals surface area contributed by atoms with Crippen molar-refractivity contribution in [1.82, 2.24) is 0 Å². The minimum absolute atomic E-state index is 0.225. The van der Waals surface area contributed by atoms with Gasteiger partial charge >= 0.3 is 11.9 Å². The quantitative estimate of drug-likeness (QED) is 0.280. The van der Waals surface area contributed by atoms with Gasteiger partial charge in [-0.3, -0.25) is 0 Å². The number of carbonyl (C=O) groups excluding carboxylic acids is 2. The number of esters is 2. The van der Waals surface area contributed by atoms with Crippen LogP contribution in [0.5, 0.6) is 5.75 Å². The van der Waals surface area contributed by atoms with Crippen LogP contribution in [0.1, 0.15) is 30.9 Å². The fraction of sp³-hybridized carbons (Fsp3) is 0.304. The standard InChI is InChI=1S/C23H27NO5/c1-4-5-11-18-12-13-19(24-15-20(22(25)27-2)23(26)28-3)14-21(18)29-16-17-9-7-6-8-10-17/h6-10,12-15,24H,4-5,11,16H2,1-3H3. The van der Waals surface area contributed by atoms with E-state index in [2.05, 4.69) is 21.7 Å². The number of anilines is 1. The third-order valence-corrected chi connectivity index (χ3v) is 4.30. The highest BCUT2D eigenvalue weighted by molar-refractivity contribution is 6.14. The molecule has 0 bridgehead atoms. The van der Waals surface area contributed by atoms with Crippen LogP contribution in [-0.2, 0) is 32.1 Å². The van der Waals surface area contributed by atoms with Crippen molar-refractivity contribution in [2.45, 2.75) is 32.8 Å². The summed E-state index contributed by atoms with van der Waals surface area (Å²) in [5.74, 6) is -0.785. The molecule has 29 heavy (non-hydrogen) atoms. The van der Waals surface area contributed by atoms with Crippen molar-refractivity contribution in [2.24, 2.45) is 0 Å². The van der Waals surface area contributed by atoms with Gasteiger partial charge in [0, 0.05) is 18.0 Å². The van der Waals surface area contributed by atoms with Gasteiger partial charge in [0.25, 0.3) is 0 Å². The van der Waals surface area contributed by atoms with Crippen LogP contribution in [0, 0.1) is 0 Å². The topological polar surface area (TPSA) is 73.9 Å². The average molecular weight is 397 g/mol. The molecule has 0 saturated carbocycles. The molecule has 154 valence electrons. The highest BCUT2D eigenvalue weighted by atomic mass is 16.5. The van der Waals surface area contributed by atoms with Gasteiger partial charge in [-0.05, 0) is 30.0 Å². The maximum absolute atomic E-state index is 11.8. The lowest BCUT2D eigenvalue weighted by Crippen LogP contribution is -2.17. The molecule has 0 aliphatic carbocycles. The van der Waals surface area contributed by atoms with Crippen LogP contribution in [0.15, 0.2) is 60.3 Å². The summed E-state index contributed by atoms with van der Waals surface area (Å²) in [5, 5.41) is 2.95. The van der Waals surface area contributed by atoms with Crippen molar-refractivity contribution in [3.05, 3.63) is 71.4 Å². The number of unbranched alkanes of at least 4 members (excludes halogenated alkanes) is 1. The maximum Gasteiger partial charge on any atom is 0.346 e. The van der Waals surface area contributed by atoms with Crippen molar-refractivity contribution in [3.8, 4) is 5.75 Å². The molecule has 0 spiro atoms. The van der Waals surface area contributed by atoms with E-state index in [-0.39, 0.29) is 5.57 Å². The second-order valence-corrected chi connectivity index (χ2v) is 6.39. The molecule has 0 atom stereocenters. The minimum Gasteiger partial charge on any atom is -0.489 e. The van der Waals surface area contributed by atoms with Crippen LogP contribution >= 0.6 is 0 Å². The first-order chi connectivity index (χ1) is 14.1. The van der Waals surface area contributed by atoms with Crippen LogP contribution in [0.25, 0.3) is 0 Å². The molecular formula is C23H27NO5. The molecule has 0 aliphatic rings. The number of aryl methyl sites for hydroxylation is 1. The van der Waals surface area contributed by atoms with E-state index in [0.29, 0.717) is 12.3 Å². The number of ether oxygens (including phenoxy) is 3. The van der Waals surface area contributed by atoms with Crippen LogP contribution in [0.2, 0.25) is 0 Å². The summed E-state index contributed by atoms with van der Waals surface area (Å²) < 4.78 is 15.3. The van der Waals surface area contributed by atoms with Gasteiger partial charge in [-0.15, -0.1) is 0 Å². The predicted molar refractivity (Wildman–Crippen MR) is 112 cm³/mol. The smallest absolute Gasteiger partial charge is 0.346 e. The van der Waals surface area contributed by atoms with Gasteiger partial charge in [0.1, 0.15) is 12.4 Å². The molecule has 1 N–H and O–H groups in total. The van der Waals surface area contributed by atoms with Crippen LogP contribution in [-0.4, -0.2) is 26.2 Å². The Kier molecular flexibility index (Phi) is 8.76. The van der Waals surface area contributed by atoms with Crippen LogP contribution < -0.4 is 10.1 Å². The number of methoxy groups -OCH3 is 2. The van der Waals surface area contributed by atoms with Gasteiger partial charge in [-0.2, -0.15) is 0 Å². The highest BCUT2D eigenvalue weighted by Gasteiger charge is 2.19. The molecular weight excluding hydrogens is 370 g/mol. The summed E-state index contributed by atoms with van der Waals surface area (Å²) >= 11 is 0. The second kappa shape index (κ2) is 11.5. The summed E-state index contributed by atoms with van der Waals surface area (Å²) in [6, 6.07) is 15.7. The lowest BCUT2D eigenvalue weighted by atomic mass is 10.1. The molecule has 2 aromatic rings. The third-order valence-electron chi connectivity index (χ3n) is 4.30. The number of carbonyl (C=O) groups is 2. The van der Waals surface area contributed by atoms with Gasteiger partial charge < -0.3 is 19.5 Å². The van der Waals surface area contributed by atoms with Gasteiger partial charge in [0.05, 0.1) is 14.2 Å². The molecule has 0 aliphatic heterocycles. The highest BCUT2D eigenvalue weighted by Crippen LogP contribution is 2.26. The van der Waals surface area contributed by atoms with Gasteiger partial charge in [0.2, 0.25) is 0 Å². The Balaban J connectivity index is 2.22. The van der Waals surface area contributed by atoms with Crippen molar-refractivity contribution in [3.63, 3.8) is 0 Å². The van der Waals surface area contributed by atoms with E-state index in [0.717, 1.165) is 36.1 Å². The van der Waals surface area contributed by atoms with E-state index in [9.17, 15) is 9.59 Å².